The number of hydrogen-bond donors (Lipinski definition) is 2. The van der Waals surface area contributed by atoms with Crippen molar-refractivity contribution in [3.8, 4) is 5.75 Å². The number of carbonyl (C=O) groups is 2. The van der Waals surface area contributed by atoms with E-state index in [9.17, 15) is 24.1 Å². The fourth-order valence-electron chi connectivity index (χ4n) is 1.28. The molecule has 20 heavy (non-hydrogen) atoms. The predicted molar refractivity (Wildman–Crippen MR) is 64.1 cm³/mol. The summed E-state index contributed by atoms with van der Waals surface area (Å²) in [7, 11) is 0. The molecule has 1 atom stereocenters. The van der Waals surface area contributed by atoms with Crippen LogP contribution < -0.4 is 10.1 Å². The third-order valence-electron chi connectivity index (χ3n) is 2.21. The number of carbonyl (C=O) groups excluding carboxylic acids is 1. The summed E-state index contributed by atoms with van der Waals surface area (Å²) in [5.74, 6) is -2.56. The zero-order chi connectivity index (χ0) is 15.1. The first-order valence-corrected chi connectivity index (χ1v) is 5.40. The van der Waals surface area contributed by atoms with Gasteiger partial charge in [0.15, 0.2) is 18.4 Å². The number of para-hydroxylation sites is 2. The number of nitro groups is 1. The van der Waals surface area contributed by atoms with Gasteiger partial charge in [-0.3, -0.25) is 14.9 Å². The number of nitrogens with one attached hydrogen (secondary N) is 1. The van der Waals surface area contributed by atoms with E-state index in [4.69, 9.17) is 9.84 Å². The van der Waals surface area contributed by atoms with Crippen molar-refractivity contribution in [2.45, 2.75) is 6.04 Å². The molecule has 1 unspecified atom stereocenters. The zero-order valence-electron chi connectivity index (χ0n) is 10.1. The Kier molecular flexibility index (Phi) is 5.39. The topological polar surface area (TPSA) is 119 Å². The number of nitrogens with zero attached hydrogens (tertiary/aromatic N) is 1. The van der Waals surface area contributed by atoms with E-state index in [1.807, 2.05) is 5.32 Å². The molecule has 0 fully saturated rings. The molecule has 0 spiro atoms. The van der Waals surface area contributed by atoms with E-state index in [1.54, 1.807) is 0 Å². The maximum atomic E-state index is 12.3. The highest BCUT2D eigenvalue weighted by molar-refractivity contribution is 5.84. The molecule has 1 aromatic rings. The lowest BCUT2D eigenvalue weighted by Gasteiger charge is -2.11. The molecule has 9 heteroatoms. The molecule has 2 N–H and O–H groups in total. The first-order chi connectivity index (χ1) is 9.45. The van der Waals surface area contributed by atoms with Crippen molar-refractivity contribution in [3.63, 3.8) is 0 Å². The number of carboxylic acids is 1. The smallest absolute Gasteiger partial charge is 0.328 e. The SMILES string of the molecule is O=C(COc1ccccc1[N+](=O)[O-])NC(CF)C(=O)O. The van der Waals surface area contributed by atoms with E-state index in [1.165, 1.54) is 24.3 Å². The molecule has 0 saturated heterocycles. The van der Waals surface area contributed by atoms with Crippen LogP contribution in [-0.2, 0) is 9.59 Å². The first kappa shape index (κ1) is 15.3. The van der Waals surface area contributed by atoms with E-state index in [-0.39, 0.29) is 11.4 Å². The molecule has 1 amide bonds. The number of amides is 1. The Morgan fingerprint density at radius 2 is 2.10 bits per heavy atom. The quantitative estimate of drug-likeness (QED) is 0.557. The highest BCUT2D eigenvalue weighted by Crippen LogP contribution is 2.25. The van der Waals surface area contributed by atoms with E-state index in [0.29, 0.717) is 0 Å². The van der Waals surface area contributed by atoms with Crippen molar-refractivity contribution >= 4 is 17.6 Å². The lowest BCUT2D eigenvalue weighted by molar-refractivity contribution is -0.385. The number of nitro benzene ring substituents is 1. The minimum atomic E-state index is -1.67. The van der Waals surface area contributed by atoms with Crippen LogP contribution in [0, 0.1) is 10.1 Å². The largest absolute Gasteiger partial charge is 0.480 e. The van der Waals surface area contributed by atoms with Crippen LogP contribution in [-0.4, -0.2) is 41.2 Å². The number of halogens is 1. The van der Waals surface area contributed by atoms with Crippen molar-refractivity contribution in [1.82, 2.24) is 5.32 Å². The fraction of sp³-hybridized carbons (Fsp3) is 0.273. The van der Waals surface area contributed by atoms with Gasteiger partial charge in [0.1, 0.15) is 6.67 Å². The van der Waals surface area contributed by atoms with Gasteiger partial charge in [0, 0.05) is 6.07 Å². The molecular formula is C11H11FN2O6. The molecule has 108 valence electrons. The van der Waals surface area contributed by atoms with Gasteiger partial charge >= 0.3 is 11.7 Å². The number of ether oxygens (including phenoxy) is 1. The lowest BCUT2D eigenvalue weighted by Crippen LogP contribution is -2.44. The van der Waals surface area contributed by atoms with Crippen molar-refractivity contribution in [2.75, 3.05) is 13.3 Å². The van der Waals surface area contributed by atoms with Gasteiger partial charge in [0.05, 0.1) is 4.92 Å². The Balaban J connectivity index is 2.61. The molecule has 0 aliphatic heterocycles. The standard InChI is InChI=1S/C11H11FN2O6/c12-5-7(11(16)17)13-10(15)6-20-9-4-2-1-3-8(9)14(18)19/h1-4,7H,5-6H2,(H,13,15)(H,16,17). The van der Waals surface area contributed by atoms with Gasteiger partial charge in [-0.05, 0) is 6.07 Å². The summed E-state index contributed by atoms with van der Waals surface area (Å²) in [5, 5.41) is 21.1. The Labute approximate surface area is 112 Å². The number of rotatable bonds is 7. The average Bonchev–Trinajstić information content (AvgIpc) is 2.42. The van der Waals surface area contributed by atoms with Gasteiger partial charge < -0.3 is 15.2 Å². The minimum Gasteiger partial charge on any atom is -0.480 e. The van der Waals surface area contributed by atoms with Gasteiger partial charge in [-0.1, -0.05) is 12.1 Å². The number of hydrogen-bond acceptors (Lipinski definition) is 5. The number of aliphatic carboxylic acids is 1. The average molecular weight is 286 g/mol. The highest BCUT2D eigenvalue weighted by Gasteiger charge is 2.20. The fourth-order valence-corrected chi connectivity index (χ4v) is 1.28. The molecular weight excluding hydrogens is 275 g/mol. The Morgan fingerprint density at radius 1 is 1.45 bits per heavy atom. The Morgan fingerprint density at radius 3 is 2.65 bits per heavy atom. The second kappa shape index (κ2) is 7.02. The highest BCUT2D eigenvalue weighted by atomic mass is 19.1. The van der Waals surface area contributed by atoms with Crippen LogP contribution in [0.5, 0.6) is 5.75 Å². The number of alkyl halides is 1. The first-order valence-electron chi connectivity index (χ1n) is 5.40. The molecule has 8 nitrogen and oxygen atoms in total. The summed E-state index contributed by atoms with van der Waals surface area (Å²) >= 11 is 0. The molecule has 1 rings (SSSR count). The third-order valence-corrected chi connectivity index (χ3v) is 2.21. The third kappa shape index (κ3) is 4.19. The second-order valence-corrected chi connectivity index (χ2v) is 3.63. The summed E-state index contributed by atoms with van der Waals surface area (Å²) in [5.41, 5.74) is -0.333. The van der Waals surface area contributed by atoms with Gasteiger partial charge in [0.25, 0.3) is 5.91 Å². The van der Waals surface area contributed by atoms with Crippen molar-refractivity contribution in [2.24, 2.45) is 0 Å². The molecule has 0 radical (unpaired) electrons. The van der Waals surface area contributed by atoms with Crippen molar-refractivity contribution < 1.29 is 28.7 Å². The maximum absolute atomic E-state index is 12.3. The van der Waals surface area contributed by atoms with Gasteiger partial charge in [0.2, 0.25) is 0 Å². The second-order valence-electron chi connectivity index (χ2n) is 3.63. The van der Waals surface area contributed by atoms with Crippen LogP contribution in [0.15, 0.2) is 24.3 Å². The van der Waals surface area contributed by atoms with Crippen LogP contribution in [0.1, 0.15) is 0 Å². The predicted octanol–water partition coefficient (Wildman–Crippen LogP) is 0.512. The van der Waals surface area contributed by atoms with Crippen molar-refractivity contribution in [1.29, 1.82) is 0 Å². The van der Waals surface area contributed by atoms with Gasteiger partial charge in [-0.25, -0.2) is 9.18 Å². The van der Waals surface area contributed by atoms with Gasteiger partial charge in [-0.15, -0.1) is 0 Å². The Bertz CT molecular complexity index is 521. The van der Waals surface area contributed by atoms with Crippen molar-refractivity contribution in [3.05, 3.63) is 34.4 Å². The Hall–Kier alpha value is -2.71. The van der Waals surface area contributed by atoms with Crippen LogP contribution in [0.4, 0.5) is 10.1 Å². The summed E-state index contributed by atoms with van der Waals surface area (Å²) < 4.78 is 17.2. The van der Waals surface area contributed by atoms with Crippen LogP contribution in [0.2, 0.25) is 0 Å². The molecule has 1 aromatic carbocycles. The van der Waals surface area contributed by atoms with Crippen LogP contribution in [0.3, 0.4) is 0 Å². The number of benzene rings is 1. The molecule has 0 aliphatic rings. The summed E-state index contributed by atoms with van der Waals surface area (Å²) in [6, 6.07) is 3.71. The molecule has 0 aliphatic carbocycles. The monoisotopic (exact) mass is 286 g/mol. The van der Waals surface area contributed by atoms with E-state index < -0.39 is 36.1 Å². The van der Waals surface area contributed by atoms with Gasteiger partial charge in [-0.2, -0.15) is 0 Å². The summed E-state index contributed by atoms with van der Waals surface area (Å²) in [4.78, 5) is 31.8. The number of carboxylic acid groups (broad SMARTS) is 1. The zero-order valence-corrected chi connectivity index (χ0v) is 10.1. The molecule has 0 saturated carbocycles. The molecule has 0 heterocycles. The van der Waals surface area contributed by atoms with E-state index in [2.05, 4.69) is 0 Å². The molecule has 0 aromatic heterocycles. The lowest BCUT2D eigenvalue weighted by atomic mass is 10.3. The summed E-state index contributed by atoms with van der Waals surface area (Å²) in [6.07, 6.45) is 0. The van der Waals surface area contributed by atoms with Crippen LogP contribution >= 0.6 is 0 Å². The normalized spacial score (nSPS) is 11.4. The van der Waals surface area contributed by atoms with E-state index >= 15 is 0 Å². The van der Waals surface area contributed by atoms with E-state index in [0.717, 1.165) is 0 Å². The summed E-state index contributed by atoms with van der Waals surface area (Å²) in [6.45, 7) is -1.93. The molecule has 0 bridgehead atoms. The maximum Gasteiger partial charge on any atom is 0.328 e. The van der Waals surface area contributed by atoms with Crippen LogP contribution in [0.25, 0.3) is 0 Å². The minimum absolute atomic E-state index is 0.139.